The van der Waals surface area contributed by atoms with Crippen LogP contribution in [0.1, 0.15) is 36.2 Å². The average molecular weight is 305 g/mol. The number of amides is 2. The van der Waals surface area contributed by atoms with Crippen LogP contribution in [0.25, 0.3) is 6.08 Å². The van der Waals surface area contributed by atoms with Crippen molar-refractivity contribution in [2.75, 3.05) is 0 Å². The molecule has 1 fully saturated rings. The highest BCUT2D eigenvalue weighted by Gasteiger charge is 2.37. The van der Waals surface area contributed by atoms with E-state index in [0.29, 0.717) is 16.9 Å². The number of hydrogen-bond acceptors (Lipinski definition) is 4. The van der Waals surface area contributed by atoms with Gasteiger partial charge in [-0.25, -0.2) is 4.79 Å². The summed E-state index contributed by atoms with van der Waals surface area (Å²) >= 11 is 0.913. The van der Waals surface area contributed by atoms with Crippen LogP contribution in [0.15, 0.2) is 29.2 Å². The second kappa shape index (κ2) is 6.13. The quantitative estimate of drug-likeness (QED) is 0.864. The fourth-order valence-corrected chi connectivity index (χ4v) is 2.85. The molecule has 2 rings (SSSR count). The number of aromatic carboxylic acids is 1. The molecule has 1 aromatic rings. The molecular weight excluding hydrogens is 290 g/mol. The zero-order chi connectivity index (χ0) is 15.6. The van der Waals surface area contributed by atoms with Gasteiger partial charge in [0.25, 0.3) is 11.1 Å². The van der Waals surface area contributed by atoms with Crippen LogP contribution >= 0.6 is 11.8 Å². The molecule has 110 valence electrons. The van der Waals surface area contributed by atoms with Gasteiger partial charge >= 0.3 is 5.97 Å². The molecule has 0 bridgehead atoms. The van der Waals surface area contributed by atoms with Gasteiger partial charge < -0.3 is 5.11 Å². The zero-order valence-electron chi connectivity index (χ0n) is 11.7. The average Bonchev–Trinajstić information content (AvgIpc) is 2.73. The molecule has 1 aliphatic rings. The summed E-state index contributed by atoms with van der Waals surface area (Å²) in [6.07, 6.45) is 2.32. The van der Waals surface area contributed by atoms with Crippen molar-refractivity contribution in [1.82, 2.24) is 4.90 Å². The van der Waals surface area contributed by atoms with E-state index in [1.54, 1.807) is 18.2 Å². The van der Waals surface area contributed by atoms with Gasteiger partial charge in [-0.05, 0) is 48.9 Å². The zero-order valence-corrected chi connectivity index (χ0v) is 12.5. The molecule has 6 heteroatoms. The van der Waals surface area contributed by atoms with Gasteiger partial charge in [0.15, 0.2) is 0 Å². The second-order valence-corrected chi connectivity index (χ2v) is 5.73. The lowest BCUT2D eigenvalue weighted by Crippen LogP contribution is -2.36. The minimum Gasteiger partial charge on any atom is -0.478 e. The first kappa shape index (κ1) is 15.3. The third-order valence-electron chi connectivity index (χ3n) is 3.31. The van der Waals surface area contributed by atoms with Gasteiger partial charge in [0.05, 0.1) is 10.5 Å². The summed E-state index contributed by atoms with van der Waals surface area (Å²) in [5.41, 5.74) is 0.870. The molecule has 0 saturated carbocycles. The van der Waals surface area contributed by atoms with Gasteiger partial charge in [-0.2, -0.15) is 0 Å². The van der Waals surface area contributed by atoms with E-state index in [0.717, 1.165) is 11.8 Å². The van der Waals surface area contributed by atoms with Crippen LogP contribution in [-0.2, 0) is 4.79 Å². The predicted molar refractivity (Wildman–Crippen MR) is 81.0 cm³/mol. The van der Waals surface area contributed by atoms with Crippen LogP contribution in [0.4, 0.5) is 4.79 Å². The Kier molecular flexibility index (Phi) is 4.47. The van der Waals surface area contributed by atoms with E-state index in [1.165, 1.54) is 17.0 Å². The Labute approximate surface area is 126 Å². The third kappa shape index (κ3) is 3.16. The predicted octanol–water partition coefficient (Wildman–Crippen LogP) is 3.22. The summed E-state index contributed by atoms with van der Waals surface area (Å²) in [5, 5.41) is 8.57. The Morgan fingerprint density at radius 3 is 2.48 bits per heavy atom. The molecule has 1 heterocycles. The van der Waals surface area contributed by atoms with Crippen molar-refractivity contribution in [2.24, 2.45) is 0 Å². The molecule has 5 nitrogen and oxygen atoms in total. The van der Waals surface area contributed by atoms with Crippen LogP contribution < -0.4 is 0 Å². The lowest BCUT2D eigenvalue weighted by atomic mass is 10.1. The van der Waals surface area contributed by atoms with E-state index in [4.69, 9.17) is 5.11 Å². The Morgan fingerprint density at radius 2 is 1.95 bits per heavy atom. The van der Waals surface area contributed by atoms with Gasteiger partial charge in [-0.15, -0.1) is 0 Å². The first-order chi connectivity index (χ1) is 9.93. The molecule has 0 spiro atoms. The lowest BCUT2D eigenvalue weighted by Gasteiger charge is -2.19. The first-order valence-corrected chi connectivity index (χ1v) is 7.36. The first-order valence-electron chi connectivity index (χ1n) is 6.54. The van der Waals surface area contributed by atoms with Gasteiger partial charge in [-0.1, -0.05) is 19.1 Å². The number of thioether (sulfide) groups is 1. The Balaban J connectivity index is 2.24. The van der Waals surface area contributed by atoms with Gasteiger partial charge in [0, 0.05) is 6.04 Å². The lowest BCUT2D eigenvalue weighted by molar-refractivity contribution is -0.124. The van der Waals surface area contributed by atoms with E-state index in [-0.39, 0.29) is 22.8 Å². The van der Waals surface area contributed by atoms with E-state index in [2.05, 4.69) is 0 Å². The van der Waals surface area contributed by atoms with E-state index >= 15 is 0 Å². The molecule has 1 aromatic carbocycles. The summed E-state index contributed by atoms with van der Waals surface area (Å²) in [5.74, 6) is -1.29. The summed E-state index contributed by atoms with van der Waals surface area (Å²) < 4.78 is 0. The highest BCUT2D eigenvalue weighted by molar-refractivity contribution is 8.18. The monoisotopic (exact) mass is 305 g/mol. The van der Waals surface area contributed by atoms with Crippen molar-refractivity contribution < 1.29 is 19.5 Å². The molecule has 1 aliphatic heterocycles. The number of carbonyl (C=O) groups is 3. The van der Waals surface area contributed by atoms with Crippen LogP contribution in [0.3, 0.4) is 0 Å². The number of rotatable bonds is 4. The maximum Gasteiger partial charge on any atom is 0.335 e. The SMILES string of the molecule is CCC(C)N1C(=O)S/C(=C\c2ccc(C(=O)O)cc2)C1=O. The molecule has 2 amide bonds. The third-order valence-corrected chi connectivity index (χ3v) is 4.19. The number of carbonyl (C=O) groups excluding carboxylic acids is 2. The van der Waals surface area contributed by atoms with E-state index in [9.17, 15) is 14.4 Å². The summed E-state index contributed by atoms with van der Waals surface area (Å²) in [4.78, 5) is 36.5. The molecule has 0 radical (unpaired) electrons. The number of carboxylic acids is 1. The summed E-state index contributed by atoms with van der Waals surface area (Å²) in [6, 6.07) is 6.03. The fraction of sp³-hybridized carbons (Fsp3) is 0.267. The second-order valence-electron chi connectivity index (χ2n) is 4.74. The van der Waals surface area contributed by atoms with Crippen molar-refractivity contribution >= 4 is 35.0 Å². The minimum absolute atomic E-state index is 0.127. The highest BCUT2D eigenvalue weighted by atomic mass is 32.2. The Morgan fingerprint density at radius 1 is 1.33 bits per heavy atom. The Hall–Kier alpha value is -2.08. The van der Waals surface area contributed by atoms with Crippen LogP contribution in [-0.4, -0.2) is 33.2 Å². The minimum atomic E-state index is -1.00. The Bertz CT molecular complexity index is 621. The number of hydrogen-bond donors (Lipinski definition) is 1. The number of imide groups is 1. The molecule has 1 unspecified atom stereocenters. The molecule has 1 N–H and O–H groups in total. The molecule has 21 heavy (non-hydrogen) atoms. The number of benzene rings is 1. The maximum atomic E-state index is 12.2. The molecule has 0 aromatic heterocycles. The van der Waals surface area contributed by atoms with Crippen LogP contribution in [0.5, 0.6) is 0 Å². The maximum absolute atomic E-state index is 12.2. The largest absolute Gasteiger partial charge is 0.478 e. The standard InChI is InChI=1S/C15H15NO4S/c1-3-9(2)16-13(17)12(21-15(16)20)8-10-4-6-11(7-5-10)14(18)19/h4-9H,3H2,1-2H3,(H,18,19)/b12-8-. The van der Waals surface area contributed by atoms with Crippen molar-refractivity contribution in [1.29, 1.82) is 0 Å². The van der Waals surface area contributed by atoms with Gasteiger partial charge in [0.1, 0.15) is 0 Å². The van der Waals surface area contributed by atoms with E-state index in [1.807, 2.05) is 13.8 Å². The van der Waals surface area contributed by atoms with Gasteiger partial charge in [-0.3, -0.25) is 14.5 Å². The van der Waals surface area contributed by atoms with Crippen LogP contribution in [0, 0.1) is 0 Å². The molecule has 1 atom stereocenters. The van der Waals surface area contributed by atoms with Crippen molar-refractivity contribution in [3.05, 3.63) is 40.3 Å². The summed E-state index contributed by atoms with van der Waals surface area (Å²) in [7, 11) is 0. The van der Waals surface area contributed by atoms with Crippen molar-refractivity contribution in [3.8, 4) is 0 Å². The van der Waals surface area contributed by atoms with Gasteiger partial charge in [0.2, 0.25) is 0 Å². The smallest absolute Gasteiger partial charge is 0.335 e. The number of nitrogens with zero attached hydrogens (tertiary/aromatic N) is 1. The van der Waals surface area contributed by atoms with Crippen molar-refractivity contribution in [3.63, 3.8) is 0 Å². The highest BCUT2D eigenvalue weighted by Crippen LogP contribution is 2.34. The molecule has 1 saturated heterocycles. The topological polar surface area (TPSA) is 74.7 Å². The number of carboxylic acid groups (broad SMARTS) is 1. The van der Waals surface area contributed by atoms with E-state index < -0.39 is 5.97 Å². The fourth-order valence-electron chi connectivity index (χ4n) is 1.92. The normalized spacial score (nSPS) is 18.4. The summed E-state index contributed by atoms with van der Waals surface area (Å²) in [6.45, 7) is 3.75. The van der Waals surface area contributed by atoms with Crippen molar-refractivity contribution in [2.45, 2.75) is 26.3 Å². The molecular formula is C15H15NO4S. The van der Waals surface area contributed by atoms with Crippen LogP contribution in [0.2, 0.25) is 0 Å². The molecule has 0 aliphatic carbocycles.